The summed E-state index contributed by atoms with van der Waals surface area (Å²) in [7, 11) is 0. The SMILES string of the molecule is CC(O)C(C)C=CC1=CC2=CC(=O)C3(C)OC4(O)C(C)C(C)OC(=O)C4C3C2=CO1. The number of esters is 1. The smallest absolute Gasteiger partial charge is 0.315 e. The minimum atomic E-state index is -1.80. The number of allylic oxidation sites excluding steroid dienone is 3. The summed E-state index contributed by atoms with van der Waals surface area (Å²) in [5, 5.41) is 21.0. The van der Waals surface area contributed by atoms with Crippen LogP contribution < -0.4 is 0 Å². The lowest BCUT2D eigenvalue weighted by Gasteiger charge is -2.42. The number of rotatable bonds is 3. The van der Waals surface area contributed by atoms with Crippen LogP contribution in [-0.2, 0) is 23.8 Å². The van der Waals surface area contributed by atoms with Gasteiger partial charge < -0.3 is 24.4 Å². The number of hydrogen-bond acceptors (Lipinski definition) is 7. The number of ether oxygens (including phenoxy) is 3. The molecule has 0 bridgehead atoms. The molecule has 162 valence electrons. The van der Waals surface area contributed by atoms with Gasteiger partial charge in [-0.1, -0.05) is 19.9 Å². The molecule has 1 aliphatic carbocycles. The molecule has 4 aliphatic rings. The number of cyclic esters (lactones) is 1. The van der Waals surface area contributed by atoms with E-state index in [2.05, 4.69) is 0 Å². The molecule has 0 aromatic rings. The van der Waals surface area contributed by atoms with Crippen LogP contribution in [0.15, 0.2) is 47.5 Å². The zero-order valence-electron chi connectivity index (χ0n) is 17.8. The second-order valence-corrected chi connectivity index (χ2v) is 9.01. The molecule has 0 saturated carbocycles. The summed E-state index contributed by atoms with van der Waals surface area (Å²) in [6, 6.07) is 0. The normalized spacial score (nSPS) is 42.2. The predicted octanol–water partition coefficient (Wildman–Crippen LogP) is 2.16. The van der Waals surface area contributed by atoms with E-state index in [-0.39, 0.29) is 11.7 Å². The Morgan fingerprint density at radius 3 is 2.53 bits per heavy atom. The van der Waals surface area contributed by atoms with E-state index < -0.39 is 47.3 Å². The van der Waals surface area contributed by atoms with Gasteiger partial charge in [0.1, 0.15) is 23.4 Å². The van der Waals surface area contributed by atoms with Gasteiger partial charge in [-0.15, -0.1) is 0 Å². The van der Waals surface area contributed by atoms with E-state index in [4.69, 9.17) is 14.2 Å². The predicted molar refractivity (Wildman–Crippen MR) is 106 cm³/mol. The zero-order chi connectivity index (χ0) is 22.0. The van der Waals surface area contributed by atoms with Gasteiger partial charge in [-0.2, -0.15) is 0 Å². The van der Waals surface area contributed by atoms with E-state index in [9.17, 15) is 19.8 Å². The quantitative estimate of drug-likeness (QED) is 0.680. The lowest BCUT2D eigenvalue weighted by atomic mass is 9.65. The average Bonchev–Trinajstić information content (AvgIpc) is 2.94. The lowest BCUT2D eigenvalue weighted by Crippen LogP contribution is -2.56. The molecule has 0 aromatic carbocycles. The van der Waals surface area contributed by atoms with Crippen molar-refractivity contribution in [3.63, 3.8) is 0 Å². The van der Waals surface area contributed by atoms with Crippen molar-refractivity contribution < 1.29 is 34.0 Å². The minimum absolute atomic E-state index is 0.0659. The van der Waals surface area contributed by atoms with Gasteiger partial charge in [-0.3, -0.25) is 9.59 Å². The van der Waals surface area contributed by atoms with Crippen LogP contribution in [0.1, 0.15) is 34.6 Å². The van der Waals surface area contributed by atoms with Crippen molar-refractivity contribution in [2.45, 2.75) is 58.2 Å². The third-order valence-corrected chi connectivity index (χ3v) is 7.05. The molecule has 8 atom stereocenters. The summed E-state index contributed by atoms with van der Waals surface area (Å²) in [6.07, 6.45) is 7.23. The molecule has 0 aromatic heterocycles. The zero-order valence-corrected chi connectivity index (χ0v) is 17.8. The molecule has 2 fully saturated rings. The van der Waals surface area contributed by atoms with Crippen LogP contribution in [0.25, 0.3) is 0 Å². The van der Waals surface area contributed by atoms with Gasteiger partial charge in [0.25, 0.3) is 0 Å². The first-order valence-electron chi connectivity index (χ1n) is 10.3. The molecule has 0 radical (unpaired) electrons. The van der Waals surface area contributed by atoms with Gasteiger partial charge in [-0.05, 0) is 44.6 Å². The van der Waals surface area contributed by atoms with Gasteiger partial charge in [0, 0.05) is 23.3 Å². The molecule has 0 amide bonds. The standard InChI is InChI=1S/C23H28O7/c1-11(13(3)24)6-7-16-8-15-9-18(25)22(5)19(17(15)10-28-16)20-21(26)29-14(4)12(2)23(20,27)30-22/h6-14,19-20,24,27H,1-5H3. The van der Waals surface area contributed by atoms with Gasteiger partial charge >= 0.3 is 5.97 Å². The Morgan fingerprint density at radius 2 is 1.87 bits per heavy atom. The Hall–Kier alpha value is -2.22. The molecule has 3 aliphatic heterocycles. The molecule has 8 unspecified atom stereocenters. The van der Waals surface area contributed by atoms with Crippen molar-refractivity contribution in [3.05, 3.63) is 47.5 Å². The number of fused-ring (bicyclic) bond motifs is 5. The van der Waals surface area contributed by atoms with Crippen molar-refractivity contribution in [2.75, 3.05) is 0 Å². The van der Waals surface area contributed by atoms with Crippen molar-refractivity contribution >= 4 is 11.8 Å². The van der Waals surface area contributed by atoms with E-state index in [0.29, 0.717) is 16.9 Å². The van der Waals surface area contributed by atoms with Crippen molar-refractivity contribution in [3.8, 4) is 0 Å². The summed E-state index contributed by atoms with van der Waals surface area (Å²) >= 11 is 0. The first-order chi connectivity index (χ1) is 14.0. The van der Waals surface area contributed by atoms with Crippen LogP contribution in [-0.4, -0.2) is 45.6 Å². The fourth-order valence-corrected chi connectivity index (χ4v) is 4.71. The Bertz CT molecular complexity index is 911. The third kappa shape index (κ3) is 2.91. The fraction of sp³-hybridized carbons (Fsp3) is 0.565. The maximum Gasteiger partial charge on any atom is 0.315 e. The highest BCUT2D eigenvalue weighted by molar-refractivity contribution is 6.02. The first kappa shape index (κ1) is 21.0. The molecule has 7 nitrogen and oxygen atoms in total. The Labute approximate surface area is 175 Å². The second kappa shape index (κ2) is 6.90. The number of carbonyl (C=O) groups is 2. The third-order valence-electron chi connectivity index (χ3n) is 7.05. The van der Waals surface area contributed by atoms with Crippen molar-refractivity contribution in [1.82, 2.24) is 0 Å². The maximum atomic E-state index is 13.1. The molecular weight excluding hydrogens is 388 g/mol. The molecule has 30 heavy (non-hydrogen) atoms. The molecule has 0 spiro atoms. The molecular formula is C23H28O7. The number of ketones is 1. The van der Waals surface area contributed by atoms with E-state index in [1.165, 1.54) is 12.3 Å². The highest BCUT2D eigenvalue weighted by atomic mass is 16.7. The number of carbonyl (C=O) groups excluding carboxylic acids is 2. The van der Waals surface area contributed by atoms with Gasteiger partial charge in [0.15, 0.2) is 11.6 Å². The largest absolute Gasteiger partial charge is 0.465 e. The Morgan fingerprint density at radius 1 is 1.17 bits per heavy atom. The lowest BCUT2D eigenvalue weighted by molar-refractivity contribution is -0.286. The van der Waals surface area contributed by atoms with Gasteiger partial charge in [-0.25, -0.2) is 0 Å². The molecule has 2 saturated heterocycles. The van der Waals surface area contributed by atoms with Crippen molar-refractivity contribution in [2.24, 2.45) is 23.7 Å². The molecule has 7 heteroatoms. The summed E-state index contributed by atoms with van der Waals surface area (Å²) < 4.78 is 17.2. The van der Waals surface area contributed by atoms with Crippen molar-refractivity contribution in [1.29, 1.82) is 0 Å². The summed E-state index contributed by atoms with van der Waals surface area (Å²) in [5.41, 5.74) is -0.153. The number of aliphatic hydroxyl groups is 2. The highest BCUT2D eigenvalue weighted by Gasteiger charge is 2.72. The Balaban J connectivity index is 1.72. The van der Waals surface area contributed by atoms with Gasteiger partial charge in [0.05, 0.1) is 12.4 Å². The fourth-order valence-electron chi connectivity index (χ4n) is 4.71. The minimum Gasteiger partial charge on any atom is -0.465 e. The maximum absolute atomic E-state index is 13.1. The number of aliphatic hydroxyl groups excluding tert-OH is 1. The summed E-state index contributed by atoms with van der Waals surface area (Å²) in [5.74, 6) is -4.50. The van der Waals surface area contributed by atoms with E-state index in [0.717, 1.165) is 0 Å². The molecule has 4 rings (SSSR count). The van der Waals surface area contributed by atoms with Crippen LogP contribution in [0, 0.1) is 23.7 Å². The van der Waals surface area contributed by atoms with Crippen LogP contribution >= 0.6 is 0 Å². The van der Waals surface area contributed by atoms with Crippen LogP contribution in [0.4, 0.5) is 0 Å². The van der Waals surface area contributed by atoms with Gasteiger partial charge in [0.2, 0.25) is 0 Å². The van der Waals surface area contributed by atoms with Crippen LogP contribution in [0.3, 0.4) is 0 Å². The van der Waals surface area contributed by atoms with E-state index >= 15 is 0 Å². The average molecular weight is 416 g/mol. The summed E-state index contributed by atoms with van der Waals surface area (Å²) in [4.78, 5) is 25.9. The topological polar surface area (TPSA) is 102 Å². The second-order valence-electron chi connectivity index (χ2n) is 9.01. The van der Waals surface area contributed by atoms with Crippen LogP contribution in [0.5, 0.6) is 0 Å². The highest BCUT2D eigenvalue weighted by Crippen LogP contribution is 2.58. The van der Waals surface area contributed by atoms with E-state index in [1.807, 2.05) is 13.0 Å². The number of hydrogen-bond donors (Lipinski definition) is 2. The molecule has 3 heterocycles. The summed E-state index contributed by atoms with van der Waals surface area (Å²) in [6.45, 7) is 8.65. The Kier molecular flexibility index (Phi) is 4.84. The monoisotopic (exact) mass is 416 g/mol. The van der Waals surface area contributed by atoms with Crippen LogP contribution in [0.2, 0.25) is 0 Å². The molecule has 2 N–H and O–H groups in total. The first-order valence-corrected chi connectivity index (χ1v) is 10.3. The van der Waals surface area contributed by atoms with E-state index in [1.54, 1.807) is 39.8 Å².